The average molecular weight is 1630 g/mol. The topological polar surface area (TPSA) is 368 Å². The fourth-order valence-corrected chi connectivity index (χ4v) is 14.9. The average Bonchev–Trinajstić information content (AvgIpc) is 1.66. The second kappa shape index (κ2) is 41.2. The van der Waals surface area contributed by atoms with Crippen molar-refractivity contribution in [3.05, 3.63) is 147 Å². The van der Waals surface area contributed by atoms with E-state index in [0.29, 0.717) is 38.5 Å². The summed E-state index contributed by atoms with van der Waals surface area (Å²) in [7, 11) is -5.62. The molecule has 28 nitrogen and oxygen atoms in total. The normalized spacial score (nSPS) is 17.5. The molecular formula is C82H109F2N8O20PS. The standard InChI is InChI=1S/C82H109F2N8O20PS/c1-51(57-26-29-61(30-27-57)82(83,84)113(103,111-49-109-77(101)80(7,8)9)112-50-110-78(102)81(10,11)12)41-68(95)88-64-31-28-58-16-13-17-60-42-66(92(70(58)60)75(64)99)74(98)89-63(32-33-67(85)94)53(3)108-46-56-20-18-54(19-21-56)15-14-34-104-35-36-105-37-38-106-39-40-107-47-69(96)90-72(79(4,5)6)76(100)91-45-62(93)43-65(91)73(97)86-44-55-22-24-59(25-23-55)71-52(2)87-48-114-71/h13,16-27,29-30,41,48,53,62-66,72,93H,14-15,28,31-40,42-47,49-50H2,1-12H3,(H2,85,94)(H,86,97)(H,88,95)(H,89,98)(H,90,96)/b51-41+/t53-,62-,63?,64+,65+,66+,72-/m1/s1. The summed E-state index contributed by atoms with van der Waals surface area (Å²) in [4.78, 5) is 129. The molecule has 1 fully saturated rings. The van der Waals surface area contributed by atoms with Gasteiger partial charge >= 0.3 is 25.2 Å². The number of nitrogens with two attached hydrogens (primary N) is 1. The van der Waals surface area contributed by atoms with Crippen LogP contribution in [0.4, 0.5) is 14.5 Å². The minimum atomic E-state index is -5.62. The lowest BCUT2D eigenvalue weighted by atomic mass is 9.85. The molecule has 3 aliphatic heterocycles. The number of para-hydroxylation sites is 1. The van der Waals surface area contributed by atoms with Gasteiger partial charge in [-0.2, -0.15) is 8.78 Å². The molecule has 1 saturated heterocycles. The molecule has 0 radical (unpaired) electrons. The van der Waals surface area contributed by atoms with Crippen molar-refractivity contribution in [2.45, 2.75) is 196 Å². The number of primary amides is 1. The number of alkyl halides is 2. The Hall–Kier alpha value is -8.75. The number of rotatable bonds is 41. The van der Waals surface area contributed by atoms with Gasteiger partial charge < -0.3 is 70.2 Å². The quantitative estimate of drug-likeness (QED) is 0.00697. The van der Waals surface area contributed by atoms with Gasteiger partial charge in [-0.3, -0.25) is 61.7 Å². The number of hydrogen-bond donors (Lipinski definition) is 6. The zero-order valence-corrected chi connectivity index (χ0v) is 68.7. The third-order valence-corrected chi connectivity index (χ3v) is 22.2. The first kappa shape index (κ1) is 90.8. The minimum absolute atomic E-state index is 0.0485. The van der Waals surface area contributed by atoms with Gasteiger partial charge in [0.1, 0.15) is 30.8 Å². The number of aliphatic hydroxyl groups is 1. The monoisotopic (exact) mass is 1630 g/mol. The number of nitrogens with zero attached hydrogens (tertiary/aromatic N) is 3. The van der Waals surface area contributed by atoms with Crippen molar-refractivity contribution in [3.8, 4) is 10.4 Å². The van der Waals surface area contributed by atoms with Crippen LogP contribution < -0.4 is 31.9 Å². The van der Waals surface area contributed by atoms with E-state index in [2.05, 4.69) is 26.3 Å². The highest BCUT2D eigenvalue weighted by Crippen LogP contribution is 2.67. The van der Waals surface area contributed by atoms with Gasteiger partial charge in [-0.05, 0) is 144 Å². The summed E-state index contributed by atoms with van der Waals surface area (Å²) in [5.41, 5.74) is 6.79. The SMILES string of the molecule is C/C(=C\C(=O)N[C@H]1CCc2cccc3c2N(C1=O)[C@H](C(=O)NC(CCC(N)=O)[C@@H](C)OCc1ccc(CCCOCCOCCOCCOCC(=O)N[C@H](C(=O)N2C[C@H](O)C[C@H]2C(=O)NCc2ccc(-c4scnc4C)cc2)C(C)(C)C)cc1)C3)c1ccc(C(F)(F)P(=O)(OCOC(=O)C(C)(C)C)OCOC(=O)C(C)(C)C)cc1. The van der Waals surface area contributed by atoms with E-state index < -0.39 is 144 Å². The second-order valence-corrected chi connectivity index (χ2v) is 34.6. The number of thiazole rings is 1. The number of ether oxygens (including phenoxy) is 7. The number of amides is 7. The third-order valence-electron chi connectivity index (χ3n) is 19.4. The van der Waals surface area contributed by atoms with Crippen molar-refractivity contribution in [3.63, 3.8) is 0 Å². The summed E-state index contributed by atoms with van der Waals surface area (Å²) in [6, 6.07) is 20.8. The molecule has 4 aromatic carbocycles. The van der Waals surface area contributed by atoms with Crippen molar-refractivity contribution in [2.75, 3.05) is 77.9 Å². The molecule has 8 rings (SSSR count). The van der Waals surface area contributed by atoms with Gasteiger partial charge in [-0.15, -0.1) is 11.3 Å². The number of halogens is 2. The number of benzene rings is 4. The number of allylic oxidation sites excluding steroid dienone is 1. The van der Waals surface area contributed by atoms with Gasteiger partial charge in [-0.1, -0.05) is 112 Å². The fraction of sp³-hybridized carbons (Fsp3) is 0.537. The van der Waals surface area contributed by atoms with Crippen molar-refractivity contribution in [1.29, 1.82) is 0 Å². The molecule has 5 aromatic rings. The van der Waals surface area contributed by atoms with E-state index in [9.17, 15) is 52.8 Å². The van der Waals surface area contributed by atoms with E-state index in [1.807, 2.05) is 94.4 Å². The van der Waals surface area contributed by atoms with E-state index in [1.54, 1.807) is 30.7 Å². The lowest BCUT2D eigenvalue weighted by Crippen LogP contribution is -2.58. The summed E-state index contributed by atoms with van der Waals surface area (Å²) in [5, 5.41) is 22.2. The molecule has 0 aliphatic carbocycles. The number of likely N-dealkylation sites (tertiary alicyclic amines) is 1. The third kappa shape index (κ3) is 25.6. The van der Waals surface area contributed by atoms with Gasteiger partial charge in [0.05, 0.1) is 97.1 Å². The number of aromatic nitrogens is 1. The lowest BCUT2D eigenvalue weighted by Gasteiger charge is -2.35. The predicted octanol–water partition coefficient (Wildman–Crippen LogP) is 9.44. The minimum Gasteiger partial charge on any atom is -0.438 e. The first-order chi connectivity index (χ1) is 53.8. The van der Waals surface area contributed by atoms with E-state index in [1.165, 1.54) is 69.6 Å². The molecule has 1 unspecified atom stereocenters. The van der Waals surface area contributed by atoms with E-state index in [4.69, 9.17) is 47.9 Å². The van der Waals surface area contributed by atoms with E-state index in [-0.39, 0.29) is 89.4 Å². The molecule has 0 bridgehead atoms. The maximum atomic E-state index is 16.3. The van der Waals surface area contributed by atoms with Crippen LogP contribution in [-0.2, 0) is 128 Å². The Morgan fingerprint density at radius 1 is 0.746 bits per heavy atom. The number of hydrogen-bond acceptors (Lipinski definition) is 22. The second-order valence-electron chi connectivity index (χ2n) is 31.6. The molecule has 622 valence electrons. The number of carbonyl (C=O) groups is 9. The van der Waals surface area contributed by atoms with Crippen LogP contribution in [0.25, 0.3) is 16.0 Å². The van der Waals surface area contributed by atoms with Gasteiger partial charge in [-0.25, -0.2) is 4.98 Å². The number of anilines is 1. The largest absolute Gasteiger partial charge is 0.438 e. The summed E-state index contributed by atoms with van der Waals surface area (Å²) >= 11 is 1.55. The van der Waals surface area contributed by atoms with Crippen LogP contribution in [0.15, 0.2) is 103 Å². The van der Waals surface area contributed by atoms with Crippen LogP contribution in [0.2, 0.25) is 0 Å². The van der Waals surface area contributed by atoms with Crippen LogP contribution in [0.5, 0.6) is 0 Å². The Kier molecular flexibility index (Phi) is 32.8. The number of esters is 2. The Bertz CT molecular complexity index is 4180. The molecule has 114 heavy (non-hydrogen) atoms. The summed E-state index contributed by atoms with van der Waals surface area (Å²) in [6.07, 6.45) is 1.98. The summed E-state index contributed by atoms with van der Waals surface area (Å²) in [6.45, 7) is 19.6. The van der Waals surface area contributed by atoms with Crippen LogP contribution >= 0.6 is 18.9 Å². The number of carbonyl (C=O) groups excluding carboxylic acids is 9. The summed E-state index contributed by atoms with van der Waals surface area (Å²) in [5.74, 6) is -5.40. The molecule has 7 atom stereocenters. The number of β-amino-alcohol motifs (C(OH)–C–C–N with tert-alkyl or cyclic N) is 1. The highest BCUT2D eigenvalue weighted by Gasteiger charge is 2.56. The van der Waals surface area contributed by atoms with E-state index >= 15 is 8.78 Å². The predicted molar refractivity (Wildman–Crippen MR) is 421 cm³/mol. The summed E-state index contributed by atoms with van der Waals surface area (Å²) < 4.78 is 95.3. The maximum Gasteiger partial charge on any atom is 0.410 e. The number of aliphatic hydroxyl groups excluding tert-OH is 1. The van der Waals surface area contributed by atoms with Crippen molar-refractivity contribution in [1.82, 2.24) is 31.2 Å². The first-order valence-corrected chi connectivity index (χ1v) is 40.6. The highest BCUT2D eigenvalue weighted by atomic mass is 32.1. The molecule has 0 spiro atoms. The van der Waals surface area contributed by atoms with Crippen molar-refractivity contribution < 1.29 is 104 Å². The molecule has 1 aromatic heterocycles. The number of nitrogens with one attached hydrogen (secondary N) is 4. The van der Waals surface area contributed by atoms with Crippen LogP contribution in [0.1, 0.15) is 153 Å². The Labute approximate surface area is 668 Å². The van der Waals surface area contributed by atoms with Crippen LogP contribution in [-0.4, -0.2) is 184 Å². The van der Waals surface area contributed by atoms with Crippen LogP contribution in [0.3, 0.4) is 0 Å². The molecule has 0 saturated carbocycles. The zero-order valence-electron chi connectivity index (χ0n) is 66.9. The molecule has 32 heteroatoms. The molecule has 3 aliphatic rings. The van der Waals surface area contributed by atoms with Crippen LogP contribution in [0, 0.1) is 23.2 Å². The smallest absolute Gasteiger partial charge is 0.410 e. The maximum absolute atomic E-state index is 16.3. The van der Waals surface area contributed by atoms with Gasteiger partial charge in [0.15, 0.2) is 0 Å². The van der Waals surface area contributed by atoms with Gasteiger partial charge in [0.25, 0.3) is 0 Å². The molecule has 7 amide bonds. The molecular weight excluding hydrogens is 1520 g/mol. The Morgan fingerprint density at radius 3 is 1.92 bits per heavy atom. The number of aryl methyl sites for hydroxylation is 3. The van der Waals surface area contributed by atoms with E-state index in [0.717, 1.165) is 68.9 Å². The zero-order chi connectivity index (χ0) is 83.3. The van der Waals surface area contributed by atoms with Crippen molar-refractivity contribution in [2.24, 2.45) is 22.0 Å². The van der Waals surface area contributed by atoms with Crippen molar-refractivity contribution >= 4 is 83.5 Å². The molecule has 4 heterocycles. The Balaban J connectivity index is 0.723. The molecule has 7 N–H and O–H groups in total. The fourth-order valence-electron chi connectivity index (χ4n) is 12.8. The first-order valence-electron chi connectivity index (χ1n) is 38.1. The Morgan fingerprint density at radius 2 is 1.33 bits per heavy atom. The van der Waals surface area contributed by atoms with Gasteiger partial charge in [0, 0.05) is 50.6 Å². The van der Waals surface area contributed by atoms with Gasteiger partial charge in [0.2, 0.25) is 54.9 Å². The lowest BCUT2D eigenvalue weighted by molar-refractivity contribution is -0.163. The highest BCUT2D eigenvalue weighted by molar-refractivity contribution is 7.54.